The van der Waals surface area contributed by atoms with Crippen molar-refractivity contribution in [2.24, 2.45) is 0 Å². The molecule has 84 heavy (non-hydrogen) atoms. The third kappa shape index (κ3) is 24.7. The predicted octanol–water partition coefficient (Wildman–Crippen LogP) is 18.0. The van der Waals surface area contributed by atoms with E-state index in [0.29, 0.717) is 53.8 Å². The number of ether oxygens (including phenoxy) is 3. The van der Waals surface area contributed by atoms with Crippen molar-refractivity contribution < 1.29 is 28.7 Å². The molecule has 4 aromatic carbocycles. The minimum atomic E-state index is 0.453. The van der Waals surface area contributed by atoms with Crippen LogP contribution in [0.2, 0.25) is 0 Å². The molecule has 0 bridgehead atoms. The highest BCUT2D eigenvalue weighted by atomic mass is 16.7. The van der Waals surface area contributed by atoms with Crippen molar-refractivity contribution in [3.8, 4) is 52.8 Å². The number of benzene rings is 4. The van der Waals surface area contributed by atoms with E-state index in [2.05, 4.69) is 72.6 Å². The molecule has 0 amide bonds. The van der Waals surface area contributed by atoms with Gasteiger partial charge in [-0.25, -0.2) is 0 Å². The summed E-state index contributed by atoms with van der Waals surface area (Å²) in [5.41, 5.74) is 14.0. The van der Waals surface area contributed by atoms with Gasteiger partial charge < -0.3 is 28.7 Å². The standard InChI is InChI=1S/C72H96N6O6/c1-4-7-10-13-16-19-22-25-28-31-52-79-67-46-37-64(38-47-67)76-73-58-70(82-76)43-34-61-55-62(35-44-71-59-74-77(83-71)65-39-48-68(49-40-65)80-53-32-29-26-23-20-17-14-11-8-5-2)57-63(56-61)36-45-72-60-75-78(84-72)66-41-50-69(51-42-66)81-54-33-30-27-24-21-18-15-12-9-6-3/h37-42,46-51,55-60,73-75H,4-33,52-54H2,1-3H3. The number of hydrogen-bond acceptors (Lipinski definition) is 12. The summed E-state index contributed by atoms with van der Waals surface area (Å²) in [6, 6.07) is 29.4. The Morgan fingerprint density at radius 2 is 0.524 bits per heavy atom. The van der Waals surface area contributed by atoms with Crippen LogP contribution in [0.15, 0.2) is 127 Å². The van der Waals surface area contributed by atoms with Gasteiger partial charge in [0.1, 0.15) is 17.2 Å². The lowest BCUT2D eigenvalue weighted by atomic mass is 10.1. The summed E-state index contributed by atoms with van der Waals surface area (Å²) in [5.74, 6) is 23.2. The molecule has 0 saturated carbocycles. The van der Waals surface area contributed by atoms with Gasteiger partial charge in [-0.3, -0.25) is 16.3 Å². The maximum absolute atomic E-state index is 6.10. The van der Waals surface area contributed by atoms with Crippen molar-refractivity contribution in [1.82, 2.24) is 16.3 Å². The van der Waals surface area contributed by atoms with Crippen LogP contribution in [0, 0.1) is 35.5 Å². The molecule has 0 aliphatic carbocycles. The van der Waals surface area contributed by atoms with E-state index in [-0.39, 0.29) is 0 Å². The molecule has 12 nitrogen and oxygen atoms in total. The lowest BCUT2D eigenvalue weighted by molar-refractivity contribution is 0.204. The number of nitrogens with one attached hydrogen (secondary N) is 3. The molecule has 0 fully saturated rings. The summed E-state index contributed by atoms with van der Waals surface area (Å²) < 4.78 is 18.2. The van der Waals surface area contributed by atoms with E-state index in [1.54, 1.807) is 34.1 Å². The van der Waals surface area contributed by atoms with Crippen LogP contribution < -0.4 is 46.0 Å². The molecule has 450 valence electrons. The van der Waals surface area contributed by atoms with E-state index in [9.17, 15) is 0 Å². The molecule has 0 spiro atoms. The van der Waals surface area contributed by atoms with Gasteiger partial charge in [0, 0.05) is 16.7 Å². The first-order chi connectivity index (χ1) is 41.5. The molecule has 3 heterocycles. The Bertz CT molecular complexity index is 2480. The molecular formula is C72H96N6O6. The molecule has 0 saturated heterocycles. The van der Waals surface area contributed by atoms with Crippen molar-refractivity contribution in [3.05, 3.63) is 144 Å². The Labute approximate surface area is 504 Å². The zero-order valence-electron chi connectivity index (χ0n) is 51.0. The lowest BCUT2D eigenvalue weighted by Crippen LogP contribution is -2.28. The largest absolute Gasteiger partial charge is 0.494 e. The van der Waals surface area contributed by atoms with E-state index in [1.165, 1.54) is 173 Å². The van der Waals surface area contributed by atoms with Crippen LogP contribution in [-0.2, 0) is 14.5 Å². The average molecular weight is 1140 g/mol. The van der Waals surface area contributed by atoms with Crippen LogP contribution >= 0.6 is 0 Å². The van der Waals surface area contributed by atoms with Crippen molar-refractivity contribution in [2.45, 2.75) is 213 Å². The van der Waals surface area contributed by atoms with Crippen LogP contribution in [0.3, 0.4) is 0 Å². The highest BCUT2D eigenvalue weighted by molar-refractivity contribution is 5.56. The van der Waals surface area contributed by atoms with Gasteiger partial charge in [-0.15, -0.1) is 15.5 Å². The summed E-state index contributed by atoms with van der Waals surface area (Å²) >= 11 is 0. The molecule has 7 rings (SSSR count). The number of allylic oxidation sites excluding steroid dienone is 3. The van der Waals surface area contributed by atoms with Gasteiger partial charge in [0.2, 0.25) is 17.3 Å². The van der Waals surface area contributed by atoms with Crippen LogP contribution in [0.25, 0.3) is 0 Å². The first-order valence-corrected chi connectivity index (χ1v) is 32.3. The fourth-order valence-corrected chi connectivity index (χ4v) is 9.98. The number of rotatable bonds is 39. The molecule has 3 aliphatic heterocycles. The summed E-state index contributed by atoms with van der Waals surface area (Å²) in [6.45, 7) is 8.96. The normalized spacial score (nSPS) is 13.0. The van der Waals surface area contributed by atoms with Gasteiger partial charge >= 0.3 is 0 Å². The van der Waals surface area contributed by atoms with Crippen LogP contribution in [-0.4, -0.2) is 19.8 Å². The third-order valence-electron chi connectivity index (χ3n) is 14.9. The van der Waals surface area contributed by atoms with Gasteiger partial charge in [-0.2, -0.15) is 0 Å². The number of anilines is 3. The highest BCUT2D eigenvalue weighted by Gasteiger charge is 2.18. The highest BCUT2D eigenvalue weighted by Crippen LogP contribution is 2.26. The van der Waals surface area contributed by atoms with Crippen molar-refractivity contribution in [3.63, 3.8) is 0 Å². The average Bonchev–Trinajstić information content (AvgIpc) is 4.50. The molecule has 4 aromatic rings. The molecule has 3 aliphatic rings. The van der Waals surface area contributed by atoms with Crippen molar-refractivity contribution >= 4 is 17.1 Å². The maximum atomic E-state index is 6.10. The van der Waals surface area contributed by atoms with Gasteiger partial charge in [-0.05, 0) is 128 Å². The fourth-order valence-electron chi connectivity index (χ4n) is 9.98. The second-order valence-corrected chi connectivity index (χ2v) is 22.2. The zero-order chi connectivity index (χ0) is 58.3. The molecule has 0 atom stereocenters. The van der Waals surface area contributed by atoms with E-state index < -0.39 is 0 Å². The van der Waals surface area contributed by atoms with Crippen LogP contribution in [0.1, 0.15) is 230 Å². The van der Waals surface area contributed by atoms with Gasteiger partial charge in [0.05, 0.1) is 55.5 Å². The van der Waals surface area contributed by atoms with Gasteiger partial charge in [0.15, 0.2) is 0 Å². The maximum Gasteiger partial charge on any atom is 0.225 e. The lowest BCUT2D eigenvalue weighted by Gasteiger charge is -2.17. The third-order valence-corrected chi connectivity index (χ3v) is 14.9. The van der Waals surface area contributed by atoms with E-state index in [0.717, 1.165) is 53.6 Å². The second kappa shape index (κ2) is 39.0. The Hall–Kier alpha value is -7.62. The molecule has 0 unspecified atom stereocenters. The summed E-state index contributed by atoms with van der Waals surface area (Å²) in [7, 11) is 0. The number of unbranched alkanes of at least 4 members (excludes halogenated alkanes) is 27. The molecule has 0 aromatic heterocycles. The first kappa shape index (κ1) is 64.0. The molecule has 3 N–H and O–H groups in total. The summed E-state index contributed by atoms with van der Waals surface area (Å²) in [5, 5.41) is 4.75. The fraction of sp³-hybridized carbons (Fsp3) is 0.500. The Morgan fingerprint density at radius 3 is 0.762 bits per heavy atom. The van der Waals surface area contributed by atoms with Crippen molar-refractivity contribution in [1.29, 1.82) is 0 Å². The summed E-state index contributed by atoms with van der Waals surface area (Å²) in [6.07, 6.45) is 44.2. The zero-order valence-corrected chi connectivity index (χ0v) is 51.0. The smallest absolute Gasteiger partial charge is 0.225 e. The summed E-state index contributed by atoms with van der Waals surface area (Å²) in [4.78, 5) is 18.3. The first-order valence-electron chi connectivity index (χ1n) is 32.3. The number of nitrogens with zero attached hydrogens (tertiary/aromatic N) is 3. The monoisotopic (exact) mass is 1140 g/mol. The van der Waals surface area contributed by atoms with E-state index in [4.69, 9.17) is 28.7 Å². The van der Waals surface area contributed by atoms with E-state index >= 15 is 0 Å². The predicted molar refractivity (Wildman–Crippen MR) is 343 cm³/mol. The number of hydrazine groups is 3. The van der Waals surface area contributed by atoms with Crippen LogP contribution in [0.5, 0.6) is 17.2 Å². The minimum Gasteiger partial charge on any atom is -0.494 e. The Kier molecular flexibility index (Phi) is 29.7. The Balaban J connectivity index is 0.901. The molecule has 0 radical (unpaired) electrons. The van der Waals surface area contributed by atoms with E-state index in [1.807, 2.05) is 91.0 Å². The van der Waals surface area contributed by atoms with Gasteiger partial charge in [-0.1, -0.05) is 212 Å². The SMILES string of the molecule is CCCCCCCCCCCCOc1ccc(N2NC=C(C#Cc3cc(C#CC4=CNN(c5ccc(OCCCCCCCCCCCC)cc5)O4)cc(C#CC4=CNN(c5ccc(OCCCCCCCCCCCC)cc5)O4)c3)O2)cc1. The van der Waals surface area contributed by atoms with Gasteiger partial charge in [0.25, 0.3) is 0 Å². The van der Waals surface area contributed by atoms with Crippen LogP contribution in [0.4, 0.5) is 17.1 Å². The number of hydrogen-bond donors (Lipinski definition) is 3. The Morgan fingerprint density at radius 1 is 0.298 bits per heavy atom. The second-order valence-electron chi connectivity index (χ2n) is 22.2. The molecular weight excluding hydrogens is 1040 g/mol. The topological polar surface area (TPSA) is 101 Å². The van der Waals surface area contributed by atoms with Crippen molar-refractivity contribution in [2.75, 3.05) is 35.3 Å². The quantitative estimate of drug-likeness (QED) is 0.0293. The minimum absolute atomic E-state index is 0.453. The molecule has 12 heteroatoms.